The van der Waals surface area contributed by atoms with E-state index in [9.17, 15) is 9.59 Å². The standard InChI is InChI=1S/C22H20Cl2N4O3S/c1-31-15-5-2-13(3-6-15)9-25-20(29)10-28-21(17-11-32-12-19(17)27-28)26-22(30)16-8-14(23)4-7-18(16)24/h2-8H,9-12H2,1H3,(H,25,29)(H,26,30). The highest BCUT2D eigenvalue weighted by Crippen LogP contribution is 2.35. The average Bonchev–Trinajstić information content (AvgIpc) is 3.36. The first-order chi connectivity index (χ1) is 15.4. The molecule has 0 radical (unpaired) electrons. The largest absolute Gasteiger partial charge is 0.497 e. The topological polar surface area (TPSA) is 85.2 Å². The second-order valence-electron chi connectivity index (χ2n) is 7.13. The zero-order valence-electron chi connectivity index (χ0n) is 17.2. The van der Waals surface area contributed by atoms with Gasteiger partial charge in [0, 0.05) is 28.6 Å². The fourth-order valence-corrected chi connectivity index (χ4v) is 4.71. The summed E-state index contributed by atoms with van der Waals surface area (Å²) < 4.78 is 6.68. The van der Waals surface area contributed by atoms with E-state index >= 15 is 0 Å². The Morgan fingerprint density at radius 3 is 2.69 bits per heavy atom. The van der Waals surface area contributed by atoms with Crippen LogP contribution in [0, 0.1) is 0 Å². The molecule has 32 heavy (non-hydrogen) atoms. The van der Waals surface area contributed by atoms with Gasteiger partial charge in [0.2, 0.25) is 5.91 Å². The minimum Gasteiger partial charge on any atom is -0.497 e. The summed E-state index contributed by atoms with van der Waals surface area (Å²) in [7, 11) is 1.60. The Morgan fingerprint density at radius 2 is 1.94 bits per heavy atom. The number of amides is 2. The highest BCUT2D eigenvalue weighted by molar-refractivity contribution is 7.98. The molecule has 0 atom stereocenters. The fourth-order valence-electron chi connectivity index (χ4n) is 3.30. The molecule has 1 aliphatic heterocycles. The van der Waals surface area contributed by atoms with E-state index in [1.165, 1.54) is 10.7 Å². The molecule has 0 unspecified atom stereocenters. The summed E-state index contributed by atoms with van der Waals surface area (Å²) in [5.74, 6) is 2.08. The molecule has 1 aliphatic rings. The van der Waals surface area contributed by atoms with Gasteiger partial charge in [-0.05, 0) is 35.9 Å². The molecule has 0 spiro atoms. The molecule has 0 fully saturated rings. The smallest absolute Gasteiger partial charge is 0.258 e. The number of aromatic nitrogens is 2. The van der Waals surface area contributed by atoms with Gasteiger partial charge >= 0.3 is 0 Å². The normalized spacial score (nSPS) is 12.3. The number of rotatable bonds is 7. The zero-order valence-corrected chi connectivity index (χ0v) is 19.5. The molecular formula is C22H20Cl2N4O3S. The quantitative estimate of drug-likeness (QED) is 0.508. The lowest BCUT2D eigenvalue weighted by atomic mass is 10.2. The van der Waals surface area contributed by atoms with Crippen LogP contribution in [0.1, 0.15) is 27.2 Å². The van der Waals surface area contributed by atoms with Gasteiger partial charge in [0.1, 0.15) is 18.1 Å². The predicted octanol–water partition coefficient (Wildman–Crippen LogP) is 4.51. The van der Waals surface area contributed by atoms with Gasteiger partial charge < -0.3 is 15.4 Å². The molecule has 4 rings (SSSR count). The van der Waals surface area contributed by atoms with Gasteiger partial charge in [-0.1, -0.05) is 35.3 Å². The maximum absolute atomic E-state index is 12.9. The van der Waals surface area contributed by atoms with Crippen LogP contribution in [0.4, 0.5) is 5.82 Å². The number of carbonyl (C=O) groups excluding carboxylic acids is 2. The number of nitrogens with zero attached hydrogens (tertiary/aromatic N) is 2. The van der Waals surface area contributed by atoms with Crippen molar-refractivity contribution in [1.82, 2.24) is 15.1 Å². The van der Waals surface area contributed by atoms with Crippen molar-refractivity contribution < 1.29 is 14.3 Å². The van der Waals surface area contributed by atoms with Crippen molar-refractivity contribution in [2.45, 2.75) is 24.6 Å². The number of nitrogens with one attached hydrogen (secondary N) is 2. The fraction of sp³-hybridized carbons (Fsp3) is 0.227. The lowest BCUT2D eigenvalue weighted by Crippen LogP contribution is -2.28. The van der Waals surface area contributed by atoms with E-state index in [1.807, 2.05) is 24.3 Å². The van der Waals surface area contributed by atoms with Crippen molar-refractivity contribution >= 4 is 52.6 Å². The van der Waals surface area contributed by atoms with E-state index in [1.54, 1.807) is 31.0 Å². The molecule has 166 valence electrons. The Morgan fingerprint density at radius 1 is 1.16 bits per heavy atom. The summed E-state index contributed by atoms with van der Waals surface area (Å²) in [4.78, 5) is 25.5. The van der Waals surface area contributed by atoms with E-state index in [2.05, 4.69) is 15.7 Å². The van der Waals surface area contributed by atoms with Crippen molar-refractivity contribution in [1.29, 1.82) is 0 Å². The second kappa shape index (κ2) is 9.85. The molecule has 2 aromatic carbocycles. The maximum atomic E-state index is 12.9. The predicted molar refractivity (Wildman–Crippen MR) is 126 cm³/mol. The number of anilines is 1. The van der Waals surface area contributed by atoms with Crippen molar-refractivity contribution in [2.24, 2.45) is 0 Å². The lowest BCUT2D eigenvalue weighted by molar-refractivity contribution is -0.122. The number of carbonyl (C=O) groups is 2. The van der Waals surface area contributed by atoms with Gasteiger partial charge in [0.15, 0.2) is 0 Å². The third-order valence-corrected chi connectivity index (χ3v) is 6.50. The summed E-state index contributed by atoms with van der Waals surface area (Å²) in [6.45, 7) is 0.353. The van der Waals surface area contributed by atoms with Crippen LogP contribution in [-0.2, 0) is 29.4 Å². The van der Waals surface area contributed by atoms with Crippen LogP contribution >= 0.6 is 35.0 Å². The SMILES string of the molecule is COc1ccc(CNC(=O)Cn2nc3c(c2NC(=O)c2cc(Cl)ccc2Cl)CSC3)cc1. The number of methoxy groups -OCH3 is 1. The van der Waals surface area contributed by atoms with Crippen LogP contribution in [0.5, 0.6) is 5.75 Å². The first-order valence-electron chi connectivity index (χ1n) is 9.77. The van der Waals surface area contributed by atoms with Gasteiger partial charge in [-0.25, -0.2) is 4.68 Å². The molecule has 0 saturated carbocycles. The molecular weight excluding hydrogens is 471 g/mol. The summed E-state index contributed by atoms with van der Waals surface area (Å²) in [6.07, 6.45) is 0. The average molecular weight is 491 g/mol. The number of ether oxygens (including phenoxy) is 1. The van der Waals surface area contributed by atoms with Crippen LogP contribution in [-0.4, -0.2) is 28.7 Å². The lowest BCUT2D eigenvalue weighted by Gasteiger charge is -2.12. The van der Waals surface area contributed by atoms with Gasteiger partial charge in [0.05, 0.1) is 23.4 Å². The van der Waals surface area contributed by atoms with Gasteiger partial charge in [-0.3, -0.25) is 9.59 Å². The van der Waals surface area contributed by atoms with Crippen molar-refractivity contribution in [2.75, 3.05) is 12.4 Å². The Kier molecular flexibility index (Phi) is 6.93. The molecule has 0 bridgehead atoms. The Balaban J connectivity index is 1.47. The summed E-state index contributed by atoms with van der Waals surface area (Å²) >= 11 is 13.9. The van der Waals surface area contributed by atoms with E-state index in [0.717, 1.165) is 28.3 Å². The third-order valence-electron chi connectivity index (χ3n) is 4.97. The van der Waals surface area contributed by atoms with Crippen molar-refractivity contribution in [3.63, 3.8) is 0 Å². The van der Waals surface area contributed by atoms with Crippen molar-refractivity contribution in [3.05, 3.63) is 74.9 Å². The number of thioether (sulfide) groups is 1. The van der Waals surface area contributed by atoms with Crippen LogP contribution in [0.25, 0.3) is 0 Å². The number of benzene rings is 2. The molecule has 0 aliphatic carbocycles. The van der Waals surface area contributed by atoms with Crippen LogP contribution in [0.15, 0.2) is 42.5 Å². The molecule has 2 amide bonds. The second-order valence-corrected chi connectivity index (χ2v) is 8.96. The van der Waals surface area contributed by atoms with Crippen molar-refractivity contribution in [3.8, 4) is 5.75 Å². The number of hydrogen-bond donors (Lipinski definition) is 2. The maximum Gasteiger partial charge on any atom is 0.258 e. The number of hydrogen-bond acceptors (Lipinski definition) is 5. The van der Waals surface area contributed by atoms with Crippen LogP contribution in [0.3, 0.4) is 0 Å². The van der Waals surface area contributed by atoms with Gasteiger partial charge in [0.25, 0.3) is 5.91 Å². The molecule has 0 saturated heterocycles. The van der Waals surface area contributed by atoms with Crippen LogP contribution < -0.4 is 15.4 Å². The Labute approximate surface area is 199 Å². The molecule has 3 aromatic rings. The van der Waals surface area contributed by atoms with Gasteiger partial charge in [-0.2, -0.15) is 16.9 Å². The summed E-state index contributed by atoms with van der Waals surface area (Å²) in [5.41, 5.74) is 2.99. The monoisotopic (exact) mass is 490 g/mol. The first kappa shape index (κ1) is 22.5. The minimum absolute atomic E-state index is 0.0211. The molecule has 7 nitrogen and oxygen atoms in total. The molecule has 10 heteroatoms. The van der Waals surface area contributed by atoms with E-state index < -0.39 is 5.91 Å². The molecule has 1 aromatic heterocycles. The first-order valence-corrected chi connectivity index (χ1v) is 11.7. The third kappa shape index (κ3) is 5.03. The van der Waals surface area contributed by atoms with E-state index in [-0.39, 0.29) is 18.0 Å². The zero-order chi connectivity index (χ0) is 22.7. The summed E-state index contributed by atoms with van der Waals surface area (Å²) in [5, 5.41) is 11.0. The number of halogens is 2. The minimum atomic E-state index is -0.406. The number of fused-ring (bicyclic) bond motifs is 1. The highest BCUT2D eigenvalue weighted by atomic mass is 35.5. The van der Waals surface area contributed by atoms with E-state index in [0.29, 0.717) is 28.2 Å². The molecule has 2 N–H and O–H groups in total. The van der Waals surface area contributed by atoms with Gasteiger partial charge in [-0.15, -0.1) is 0 Å². The highest BCUT2D eigenvalue weighted by Gasteiger charge is 2.25. The Bertz CT molecular complexity index is 1160. The molecule has 2 heterocycles. The Hall–Kier alpha value is -2.68. The van der Waals surface area contributed by atoms with Crippen LogP contribution in [0.2, 0.25) is 10.0 Å². The van der Waals surface area contributed by atoms with E-state index in [4.69, 9.17) is 27.9 Å². The summed E-state index contributed by atoms with van der Waals surface area (Å²) in [6, 6.07) is 12.2.